The van der Waals surface area contributed by atoms with Gasteiger partial charge in [0.25, 0.3) is 5.56 Å². The van der Waals surface area contributed by atoms with Crippen molar-refractivity contribution in [3.8, 4) is 0 Å². The summed E-state index contributed by atoms with van der Waals surface area (Å²) in [7, 11) is 0. The van der Waals surface area contributed by atoms with Crippen molar-refractivity contribution in [2.24, 2.45) is 0 Å². The van der Waals surface area contributed by atoms with E-state index >= 15 is 0 Å². The van der Waals surface area contributed by atoms with Gasteiger partial charge in [-0.3, -0.25) is 19.2 Å². The van der Waals surface area contributed by atoms with Gasteiger partial charge >= 0.3 is 0 Å². The third kappa shape index (κ3) is 12.4. The van der Waals surface area contributed by atoms with Gasteiger partial charge in [-0.1, -0.05) is 69.1 Å². The normalized spacial score (nSPS) is 11.4. The maximum atomic E-state index is 11.5. The minimum absolute atomic E-state index is 0. The fourth-order valence-electron chi connectivity index (χ4n) is 2.11. The first-order valence-corrected chi connectivity index (χ1v) is 11.4. The molecule has 6 nitrogen and oxygen atoms in total. The van der Waals surface area contributed by atoms with Crippen molar-refractivity contribution in [1.29, 1.82) is 0 Å². The second-order valence-electron chi connectivity index (χ2n) is 5.98. The molecule has 9 heteroatoms. The molecule has 30 heavy (non-hydrogen) atoms. The quantitative estimate of drug-likeness (QED) is 0.441. The Kier molecular flexibility index (Phi) is 16.9. The van der Waals surface area contributed by atoms with Gasteiger partial charge in [0.05, 0.1) is 10.9 Å². The molecule has 0 amide bonds. The molecule has 2 heterocycles. The van der Waals surface area contributed by atoms with Crippen molar-refractivity contribution in [2.45, 2.75) is 58.8 Å². The minimum atomic E-state index is -0.337. The lowest BCUT2D eigenvalue weighted by molar-refractivity contribution is -0.120. The number of hydrogen-bond acceptors (Lipinski definition) is 4. The first-order valence-electron chi connectivity index (χ1n) is 8.90. The van der Waals surface area contributed by atoms with Gasteiger partial charge in [-0.2, -0.15) is 0 Å². The van der Waals surface area contributed by atoms with Crippen LogP contribution in [0.15, 0.2) is 55.2 Å². The fourth-order valence-corrected chi connectivity index (χ4v) is 2.76. The zero-order valence-corrected chi connectivity index (χ0v) is 21.5. The van der Waals surface area contributed by atoms with Crippen LogP contribution in [0.5, 0.6) is 0 Å². The van der Waals surface area contributed by atoms with Crippen LogP contribution in [-0.2, 0) is 9.59 Å². The lowest BCUT2D eigenvalue weighted by Crippen LogP contribution is -2.27. The highest BCUT2D eigenvalue weighted by Crippen LogP contribution is 2.12. The number of aromatic amines is 1. The molecule has 2 aromatic heterocycles. The molecule has 0 fully saturated rings. The van der Waals surface area contributed by atoms with E-state index in [0.29, 0.717) is 6.42 Å². The molecule has 0 saturated heterocycles. The van der Waals surface area contributed by atoms with Gasteiger partial charge in [0, 0.05) is 33.5 Å². The standard InChI is InChI=1S/C10H12BrNO2.C5H4BrNO.C5H9BrO.CH4/c1-3-9(7(2)13)12-5-4-8(11)6-10(12)14;6-4-1-2-7-5(8)3-4;1-3-5(6)4(2)7;/h4-6,9H,3H2,1-2H3;1-3H,(H,7,8);5H,3H2,1-2H3;1H4. The number of Topliss-reactive ketones (excluding diaryl/α,β-unsaturated/α-hetero) is 2. The van der Waals surface area contributed by atoms with Crippen molar-refractivity contribution < 1.29 is 9.59 Å². The van der Waals surface area contributed by atoms with Gasteiger partial charge in [-0.15, -0.1) is 0 Å². The number of aromatic nitrogens is 2. The van der Waals surface area contributed by atoms with Gasteiger partial charge < -0.3 is 9.55 Å². The highest BCUT2D eigenvalue weighted by molar-refractivity contribution is 9.10. The smallest absolute Gasteiger partial charge is 0.252 e. The molecule has 2 aromatic rings. The van der Waals surface area contributed by atoms with Crippen LogP contribution in [0.25, 0.3) is 0 Å². The van der Waals surface area contributed by atoms with Crippen LogP contribution in [0.3, 0.4) is 0 Å². The molecular formula is C21H29Br3N2O4. The van der Waals surface area contributed by atoms with Gasteiger partial charge in [-0.05, 0) is 38.8 Å². The van der Waals surface area contributed by atoms with E-state index in [1.54, 1.807) is 31.5 Å². The van der Waals surface area contributed by atoms with E-state index in [-0.39, 0.29) is 41.0 Å². The molecule has 0 radical (unpaired) electrons. The largest absolute Gasteiger partial charge is 0.329 e. The Labute approximate surface area is 202 Å². The molecule has 0 aromatic carbocycles. The zero-order valence-electron chi connectivity index (χ0n) is 16.7. The minimum Gasteiger partial charge on any atom is -0.329 e. The SMILES string of the molecule is C.CCC(Br)C(C)=O.CCC(C(C)=O)n1ccc(Br)cc1=O.O=c1cc(Br)cc[nH]1. The number of carbonyl (C=O) groups is 2. The number of H-pyrrole nitrogens is 1. The Morgan fingerprint density at radius 1 is 1.00 bits per heavy atom. The Morgan fingerprint density at radius 3 is 1.87 bits per heavy atom. The van der Waals surface area contributed by atoms with Crippen LogP contribution in [0, 0.1) is 0 Å². The summed E-state index contributed by atoms with van der Waals surface area (Å²) in [6, 6.07) is 6.12. The van der Waals surface area contributed by atoms with Gasteiger partial charge in [0.15, 0.2) is 5.78 Å². The molecular weight excluding hydrogens is 584 g/mol. The van der Waals surface area contributed by atoms with Crippen LogP contribution in [0.4, 0.5) is 0 Å². The summed E-state index contributed by atoms with van der Waals surface area (Å²) in [6.45, 7) is 6.95. The number of pyridine rings is 2. The van der Waals surface area contributed by atoms with Gasteiger partial charge in [0.2, 0.25) is 5.56 Å². The first-order chi connectivity index (χ1) is 13.5. The molecule has 2 unspecified atom stereocenters. The Hall–Kier alpha value is -1.32. The third-order valence-electron chi connectivity index (χ3n) is 3.64. The number of nitrogens with one attached hydrogen (secondary N) is 1. The Morgan fingerprint density at radius 2 is 1.57 bits per heavy atom. The van der Waals surface area contributed by atoms with E-state index in [1.807, 2.05) is 13.8 Å². The van der Waals surface area contributed by atoms with Crippen molar-refractivity contribution in [1.82, 2.24) is 9.55 Å². The number of ketones is 2. The average molecular weight is 613 g/mol. The van der Waals surface area contributed by atoms with Crippen LogP contribution >= 0.6 is 47.8 Å². The summed E-state index contributed by atoms with van der Waals surface area (Å²) in [4.78, 5) is 46.1. The Balaban J connectivity index is 0. The van der Waals surface area contributed by atoms with E-state index in [1.165, 1.54) is 23.6 Å². The maximum Gasteiger partial charge on any atom is 0.252 e. The summed E-state index contributed by atoms with van der Waals surface area (Å²) in [5.74, 6) is 0.222. The van der Waals surface area contributed by atoms with Gasteiger partial charge in [0.1, 0.15) is 5.78 Å². The van der Waals surface area contributed by atoms with E-state index in [4.69, 9.17) is 0 Å². The summed E-state index contributed by atoms with van der Waals surface area (Å²) < 4.78 is 3.01. The molecule has 0 saturated carbocycles. The monoisotopic (exact) mass is 610 g/mol. The molecule has 0 aliphatic carbocycles. The average Bonchev–Trinajstić information content (AvgIpc) is 2.64. The summed E-state index contributed by atoms with van der Waals surface area (Å²) >= 11 is 9.54. The van der Waals surface area contributed by atoms with E-state index in [0.717, 1.165) is 15.4 Å². The maximum absolute atomic E-state index is 11.5. The van der Waals surface area contributed by atoms with Crippen molar-refractivity contribution in [3.05, 3.63) is 66.3 Å². The summed E-state index contributed by atoms with van der Waals surface area (Å²) in [6.07, 6.45) is 4.75. The molecule has 2 atom stereocenters. The predicted octanol–water partition coefficient (Wildman–Crippen LogP) is 5.67. The molecule has 0 bridgehead atoms. The molecule has 0 spiro atoms. The highest BCUT2D eigenvalue weighted by atomic mass is 79.9. The number of carbonyl (C=O) groups excluding carboxylic acids is 2. The number of halogens is 3. The van der Waals surface area contributed by atoms with Crippen molar-refractivity contribution in [3.63, 3.8) is 0 Å². The second kappa shape index (κ2) is 16.4. The predicted molar refractivity (Wildman–Crippen MR) is 134 cm³/mol. The molecule has 0 aliphatic heterocycles. The van der Waals surface area contributed by atoms with Crippen molar-refractivity contribution >= 4 is 59.4 Å². The number of alkyl halides is 1. The topological polar surface area (TPSA) is 89.0 Å². The highest BCUT2D eigenvalue weighted by Gasteiger charge is 2.14. The van der Waals surface area contributed by atoms with Crippen molar-refractivity contribution in [2.75, 3.05) is 0 Å². The van der Waals surface area contributed by atoms with Gasteiger partial charge in [-0.25, -0.2) is 0 Å². The van der Waals surface area contributed by atoms with Crippen LogP contribution in [-0.4, -0.2) is 25.9 Å². The zero-order chi connectivity index (χ0) is 22.6. The van der Waals surface area contributed by atoms with Crippen LogP contribution in [0.1, 0.15) is 54.0 Å². The van der Waals surface area contributed by atoms with Crippen LogP contribution in [0.2, 0.25) is 0 Å². The molecule has 0 aliphatic rings. The number of nitrogens with zero attached hydrogens (tertiary/aromatic N) is 1. The van der Waals surface area contributed by atoms with Crippen LogP contribution < -0.4 is 11.1 Å². The summed E-state index contributed by atoms with van der Waals surface area (Å²) in [5.41, 5.74) is -0.235. The first kappa shape index (κ1) is 30.9. The lowest BCUT2D eigenvalue weighted by Gasteiger charge is -2.14. The molecule has 1 N–H and O–H groups in total. The van der Waals surface area contributed by atoms with E-state index < -0.39 is 0 Å². The fraction of sp³-hybridized carbons (Fsp3) is 0.429. The number of hydrogen-bond donors (Lipinski definition) is 1. The Bertz CT molecular complexity index is 909. The number of rotatable bonds is 5. The molecule has 168 valence electrons. The molecule has 2 rings (SSSR count). The van der Waals surface area contributed by atoms with E-state index in [9.17, 15) is 19.2 Å². The lowest BCUT2D eigenvalue weighted by atomic mass is 10.1. The third-order valence-corrected chi connectivity index (χ3v) is 5.92. The summed E-state index contributed by atoms with van der Waals surface area (Å²) in [5, 5.41) is 0. The second-order valence-corrected chi connectivity index (χ2v) is 8.92. The van der Waals surface area contributed by atoms with E-state index in [2.05, 4.69) is 52.8 Å².